The lowest BCUT2D eigenvalue weighted by Crippen LogP contribution is -2.48. The van der Waals surface area contributed by atoms with Crippen molar-refractivity contribution in [1.29, 1.82) is 0 Å². The van der Waals surface area contributed by atoms with E-state index in [0.717, 1.165) is 35.4 Å². The molecule has 0 bridgehead atoms. The first-order valence-corrected chi connectivity index (χ1v) is 17.6. The first kappa shape index (κ1) is 31.1. The lowest BCUT2D eigenvalue weighted by molar-refractivity contribution is 0.0935. The molecular formula is C35H38N6O5S. The Morgan fingerprint density at radius 1 is 0.979 bits per heavy atom. The molecule has 4 N–H and O–H groups in total. The van der Waals surface area contributed by atoms with Gasteiger partial charge in [-0.2, -0.15) is 0 Å². The molecule has 3 amide bonds. The van der Waals surface area contributed by atoms with Crippen LogP contribution in [0, 0.1) is 5.92 Å². The molecule has 4 aromatic rings. The number of nitrogens with one attached hydrogen (secondary N) is 4. The molecule has 1 saturated carbocycles. The monoisotopic (exact) mass is 654 g/mol. The van der Waals surface area contributed by atoms with E-state index in [9.17, 15) is 18.0 Å². The van der Waals surface area contributed by atoms with Gasteiger partial charge in [-0.05, 0) is 78.6 Å². The maximum Gasteiger partial charge on any atom is 0.315 e. The Bertz CT molecular complexity index is 1950. The van der Waals surface area contributed by atoms with Crippen molar-refractivity contribution in [2.45, 2.75) is 68.5 Å². The molecule has 2 aromatic heterocycles. The van der Waals surface area contributed by atoms with E-state index in [0.29, 0.717) is 47.3 Å². The van der Waals surface area contributed by atoms with Crippen LogP contribution >= 0.6 is 0 Å². The number of urea groups is 1. The summed E-state index contributed by atoms with van der Waals surface area (Å²) in [7, 11) is -3.93. The van der Waals surface area contributed by atoms with Gasteiger partial charge in [0.2, 0.25) is 10.0 Å². The standard InChI is InChI=1S/C35H38N6O5S/c1-20(2)16-38-47(44,45)32-14-26-29(40-34(42)23-7-5-11-36-17-23)15-30(33(26)27-18-37-28(13-25(27)32)21-9-10-21)41-35(43)39-24-12-22-6-3-4-8-31(22)46-19-24/h3-8,11,13-14,17-18,20-21,24,29-30,38H,9-10,12,15-16,19H2,1-2H3,(H,40,42)(H2,39,41,43)/t24?,29-,30-/m1/s1. The molecule has 11 nitrogen and oxygen atoms in total. The number of ether oxygens (including phenoxy) is 1. The zero-order valence-corrected chi connectivity index (χ0v) is 27.1. The Labute approximate surface area is 274 Å². The summed E-state index contributed by atoms with van der Waals surface area (Å²) >= 11 is 0. The largest absolute Gasteiger partial charge is 0.491 e. The van der Waals surface area contributed by atoms with Crippen molar-refractivity contribution >= 4 is 32.7 Å². The van der Waals surface area contributed by atoms with Crippen LogP contribution in [0.15, 0.2) is 72.0 Å². The van der Waals surface area contributed by atoms with Crippen molar-refractivity contribution in [3.8, 4) is 5.75 Å². The summed E-state index contributed by atoms with van der Waals surface area (Å²) in [5, 5.41) is 10.4. The van der Waals surface area contributed by atoms with E-state index in [1.807, 2.05) is 44.2 Å². The van der Waals surface area contributed by atoms with Gasteiger partial charge < -0.3 is 20.7 Å². The van der Waals surface area contributed by atoms with Gasteiger partial charge in [0, 0.05) is 47.5 Å². The first-order valence-electron chi connectivity index (χ1n) is 16.1. The summed E-state index contributed by atoms with van der Waals surface area (Å²) in [6, 6.07) is 12.9. The van der Waals surface area contributed by atoms with Gasteiger partial charge in [-0.3, -0.25) is 14.8 Å². The molecule has 47 heavy (non-hydrogen) atoms. The maximum atomic E-state index is 13.8. The molecule has 1 aliphatic heterocycles. The number of hydrogen-bond acceptors (Lipinski definition) is 7. The topological polar surface area (TPSA) is 151 Å². The predicted molar refractivity (Wildman–Crippen MR) is 177 cm³/mol. The number of carbonyl (C=O) groups excluding carboxylic acids is 2. The van der Waals surface area contributed by atoms with Crippen LogP contribution in [0.1, 0.15) is 83.9 Å². The molecule has 0 spiro atoms. The van der Waals surface area contributed by atoms with E-state index >= 15 is 0 Å². The van der Waals surface area contributed by atoms with Gasteiger partial charge in [0.25, 0.3) is 5.91 Å². The highest BCUT2D eigenvalue weighted by molar-refractivity contribution is 7.89. The summed E-state index contributed by atoms with van der Waals surface area (Å²) in [5.41, 5.74) is 3.63. The second kappa shape index (κ2) is 12.6. The Morgan fingerprint density at radius 2 is 1.81 bits per heavy atom. The van der Waals surface area contributed by atoms with Crippen LogP contribution in [-0.2, 0) is 16.4 Å². The van der Waals surface area contributed by atoms with Crippen molar-refractivity contribution in [1.82, 2.24) is 30.6 Å². The van der Waals surface area contributed by atoms with E-state index in [4.69, 9.17) is 9.72 Å². The number of pyridine rings is 2. The minimum Gasteiger partial charge on any atom is -0.491 e. The van der Waals surface area contributed by atoms with Crippen LogP contribution in [0.5, 0.6) is 5.75 Å². The minimum absolute atomic E-state index is 0.107. The number of rotatable bonds is 9. The Balaban J connectivity index is 1.26. The zero-order chi connectivity index (χ0) is 32.7. The molecule has 1 unspecified atom stereocenters. The van der Waals surface area contributed by atoms with Crippen LogP contribution in [0.2, 0.25) is 0 Å². The van der Waals surface area contributed by atoms with Gasteiger partial charge in [0.1, 0.15) is 12.4 Å². The smallest absolute Gasteiger partial charge is 0.315 e. The van der Waals surface area contributed by atoms with Crippen LogP contribution < -0.4 is 25.4 Å². The third kappa shape index (κ3) is 6.52. The van der Waals surface area contributed by atoms with Crippen molar-refractivity contribution in [2.24, 2.45) is 5.92 Å². The van der Waals surface area contributed by atoms with E-state index in [-0.39, 0.29) is 35.3 Å². The second-order valence-electron chi connectivity index (χ2n) is 13.0. The van der Waals surface area contributed by atoms with Crippen LogP contribution in [0.4, 0.5) is 4.79 Å². The molecule has 3 aliphatic rings. The molecule has 244 valence electrons. The Morgan fingerprint density at radius 3 is 2.57 bits per heavy atom. The molecule has 7 rings (SSSR count). The van der Waals surface area contributed by atoms with Gasteiger partial charge in [-0.1, -0.05) is 32.0 Å². The van der Waals surface area contributed by atoms with E-state index in [2.05, 4.69) is 25.7 Å². The molecule has 0 saturated heterocycles. The molecule has 3 atom stereocenters. The number of nitrogens with zero attached hydrogens (tertiary/aromatic N) is 2. The highest BCUT2D eigenvalue weighted by atomic mass is 32.2. The number of sulfonamides is 1. The van der Waals surface area contributed by atoms with Gasteiger partial charge in [0.15, 0.2) is 0 Å². The van der Waals surface area contributed by atoms with Crippen LogP contribution in [-0.4, -0.2) is 49.5 Å². The van der Waals surface area contributed by atoms with E-state index in [1.54, 1.807) is 30.6 Å². The van der Waals surface area contributed by atoms with Gasteiger partial charge >= 0.3 is 6.03 Å². The minimum atomic E-state index is -3.93. The maximum absolute atomic E-state index is 13.8. The van der Waals surface area contributed by atoms with Crippen LogP contribution in [0.25, 0.3) is 10.8 Å². The van der Waals surface area contributed by atoms with E-state index in [1.165, 1.54) is 6.20 Å². The number of amides is 3. The highest BCUT2D eigenvalue weighted by Crippen LogP contribution is 2.47. The van der Waals surface area contributed by atoms with Crippen molar-refractivity contribution < 1.29 is 22.7 Å². The molecular weight excluding hydrogens is 616 g/mol. The number of fused-ring (bicyclic) bond motifs is 4. The number of para-hydroxylation sites is 1. The lowest BCUT2D eigenvalue weighted by Gasteiger charge is -2.27. The first-order chi connectivity index (χ1) is 22.7. The van der Waals surface area contributed by atoms with Gasteiger partial charge in [-0.25, -0.2) is 17.9 Å². The molecule has 2 aromatic carbocycles. The van der Waals surface area contributed by atoms with E-state index < -0.39 is 22.1 Å². The van der Waals surface area contributed by atoms with Crippen molar-refractivity contribution in [3.63, 3.8) is 0 Å². The average molecular weight is 655 g/mol. The number of aromatic nitrogens is 2. The molecule has 12 heteroatoms. The third-order valence-corrected chi connectivity index (χ3v) is 10.5. The summed E-state index contributed by atoms with van der Waals surface area (Å²) < 4.78 is 36.3. The third-order valence-electron chi connectivity index (χ3n) is 8.99. The highest BCUT2D eigenvalue weighted by Gasteiger charge is 2.38. The zero-order valence-electron chi connectivity index (χ0n) is 26.3. The molecule has 0 radical (unpaired) electrons. The predicted octanol–water partition coefficient (Wildman–Crippen LogP) is 4.66. The van der Waals surface area contributed by atoms with Crippen molar-refractivity contribution in [3.05, 3.63) is 95.1 Å². The quantitative estimate of drug-likeness (QED) is 0.205. The summed E-state index contributed by atoms with van der Waals surface area (Å²) in [5.74, 6) is 0.888. The fraction of sp³-hybridized carbons (Fsp3) is 0.371. The van der Waals surface area contributed by atoms with Gasteiger partial charge in [-0.15, -0.1) is 0 Å². The Hall–Kier alpha value is -4.55. The van der Waals surface area contributed by atoms with Crippen molar-refractivity contribution in [2.75, 3.05) is 13.2 Å². The summed E-state index contributed by atoms with van der Waals surface area (Å²) in [4.78, 5) is 35.8. The molecule has 2 aliphatic carbocycles. The molecule has 3 heterocycles. The fourth-order valence-electron chi connectivity index (χ4n) is 6.49. The summed E-state index contributed by atoms with van der Waals surface area (Å²) in [6.45, 7) is 4.52. The lowest BCUT2D eigenvalue weighted by atomic mass is 9.98. The Kier molecular flexibility index (Phi) is 8.31. The normalized spacial score (nSPS) is 20.3. The molecule has 1 fully saturated rings. The second-order valence-corrected chi connectivity index (χ2v) is 14.8. The number of carbonyl (C=O) groups is 2. The fourth-order valence-corrected chi connectivity index (χ4v) is 7.94. The number of hydrogen-bond donors (Lipinski definition) is 4. The average Bonchev–Trinajstić information content (AvgIpc) is 3.87. The van der Waals surface area contributed by atoms with Gasteiger partial charge in [0.05, 0.1) is 28.6 Å². The van der Waals surface area contributed by atoms with Crippen LogP contribution in [0.3, 0.4) is 0 Å². The number of benzene rings is 2. The summed E-state index contributed by atoms with van der Waals surface area (Å²) in [6.07, 6.45) is 7.78. The SMILES string of the molecule is CC(C)CNS(=O)(=O)c1cc2c(c3cnc(C4CC4)cc13)[C@H](NC(=O)NC1COc3ccccc3C1)C[C@H]2NC(=O)c1cccnc1.